The minimum Gasteiger partial charge on any atom is -0.407 e. The first-order valence-corrected chi connectivity index (χ1v) is 25.4. The van der Waals surface area contributed by atoms with Gasteiger partial charge in [0, 0.05) is 47.0 Å². The molecule has 0 bridgehead atoms. The van der Waals surface area contributed by atoms with Crippen LogP contribution in [0.5, 0.6) is 0 Å². The average Bonchev–Trinajstić information content (AvgIpc) is 4.20. The third-order valence-electron chi connectivity index (χ3n) is 11.7. The molecule has 8 rings (SSSR count). The van der Waals surface area contributed by atoms with Gasteiger partial charge < -0.3 is 30.8 Å². The second-order valence-electron chi connectivity index (χ2n) is 19.4. The summed E-state index contributed by atoms with van der Waals surface area (Å²) < 4.78 is 85.3. The fraction of sp³-hybridized carbons (Fsp3) is 0.417. The van der Waals surface area contributed by atoms with Crippen molar-refractivity contribution < 1.29 is 35.9 Å². The lowest BCUT2D eigenvalue weighted by atomic mass is 10.0. The maximum atomic E-state index is 13.2. The molecule has 2 aliphatic rings. The highest BCUT2D eigenvalue weighted by molar-refractivity contribution is 6.74. The van der Waals surface area contributed by atoms with Gasteiger partial charge in [-0.05, 0) is 119 Å². The van der Waals surface area contributed by atoms with Crippen molar-refractivity contribution in [2.45, 2.75) is 128 Å². The quantitative estimate of drug-likeness (QED) is 0.0514. The summed E-state index contributed by atoms with van der Waals surface area (Å²) in [7, 11) is -2.00. The molecule has 0 spiro atoms. The summed E-state index contributed by atoms with van der Waals surface area (Å²) in [6.45, 7) is 18.9. The van der Waals surface area contributed by atoms with Gasteiger partial charge >= 0.3 is 12.4 Å². The number of hydrogen-bond donors (Lipinski definition) is 5. The number of benzene rings is 2. The first kappa shape index (κ1) is 50.6. The summed E-state index contributed by atoms with van der Waals surface area (Å²) in [5.41, 5.74) is 0.491. The van der Waals surface area contributed by atoms with Crippen molar-refractivity contribution in [1.29, 1.82) is 0 Å². The molecule has 2 aliphatic carbocycles. The van der Waals surface area contributed by atoms with Gasteiger partial charge in [0.25, 0.3) is 0 Å². The molecule has 2 fully saturated rings. The molecule has 21 heteroatoms. The van der Waals surface area contributed by atoms with E-state index in [2.05, 4.69) is 101 Å². The van der Waals surface area contributed by atoms with Gasteiger partial charge in [0.15, 0.2) is 20.0 Å². The van der Waals surface area contributed by atoms with Gasteiger partial charge in [0.1, 0.15) is 11.4 Å². The van der Waals surface area contributed by atoms with Crippen molar-refractivity contribution in [3.8, 4) is 22.8 Å². The van der Waals surface area contributed by atoms with E-state index in [1.807, 2.05) is 70.2 Å². The zero-order valence-corrected chi connectivity index (χ0v) is 40.8. The Morgan fingerprint density at radius 3 is 1.39 bits per heavy atom. The summed E-state index contributed by atoms with van der Waals surface area (Å²) in [5.74, 6) is 1.55. The van der Waals surface area contributed by atoms with Crippen molar-refractivity contribution in [3.05, 3.63) is 108 Å². The van der Waals surface area contributed by atoms with E-state index in [-0.39, 0.29) is 51.9 Å². The highest BCUT2D eigenvalue weighted by Crippen LogP contribution is 2.54. The minimum absolute atomic E-state index is 0.0272. The molecular formula is C48H56F6N12O2Si. The predicted molar refractivity (Wildman–Crippen MR) is 255 cm³/mol. The normalized spacial score (nSPS) is 15.3. The Morgan fingerprint density at radius 1 is 0.580 bits per heavy atom. The summed E-state index contributed by atoms with van der Waals surface area (Å²) >= 11 is 0. The first-order valence-electron chi connectivity index (χ1n) is 22.5. The van der Waals surface area contributed by atoms with Crippen LogP contribution in [-0.2, 0) is 28.0 Å². The molecule has 0 radical (unpaired) electrons. The number of alkyl halides is 6. The third kappa shape index (κ3) is 12.9. The van der Waals surface area contributed by atoms with Gasteiger partial charge in [-0.25, -0.2) is 0 Å². The standard InChI is InChI=1S/C27H35F3N6OSi.C21H21F3N6O/c1-17(2)32-23-34-22(35-24(36-23)33-20-11-14-31-21(16-20)27(28,29)30)18-9-8-10-19(15-18)26(12-13-26)37-38(6,7)25(3,4)5;1-12(2)26-18-28-17(13-4-3-5-14(10-13)20(31)7-8-20)29-19(30-18)27-15-6-9-25-16(11-15)21(22,23)24/h8-11,14-17H,12-13H2,1-7H3,(H2,31,32,33,34,35,36);3-6,9-12,31H,7-8H2,1-2H3,(H2,25,26,27,28,29,30). The molecule has 366 valence electrons. The van der Waals surface area contributed by atoms with Crippen LogP contribution in [0.2, 0.25) is 18.1 Å². The minimum atomic E-state index is -4.56. The van der Waals surface area contributed by atoms with Crippen molar-refractivity contribution in [1.82, 2.24) is 39.9 Å². The van der Waals surface area contributed by atoms with E-state index < -0.39 is 37.7 Å². The molecular weight excluding hydrogens is 919 g/mol. The van der Waals surface area contributed by atoms with Gasteiger partial charge in [-0.15, -0.1) is 0 Å². The van der Waals surface area contributed by atoms with Crippen molar-refractivity contribution >= 4 is 43.5 Å². The molecule has 0 aliphatic heterocycles. The van der Waals surface area contributed by atoms with E-state index in [1.165, 1.54) is 12.1 Å². The van der Waals surface area contributed by atoms with Crippen LogP contribution in [0.1, 0.15) is 96.7 Å². The third-order valence-corrected chi connectivity index (χ3v) is 16.2. The van der Waals surface area contributed by atoms with Gasteiger partial charge in [-0.3, -0.25) is 9.97 Å². The Hall–Kier alpha value is -6.32. The Balaban J connectivity index is 0.000000208. The Morgan fingerprint density at radius 2 is 1.00 bits per heavy atom. The predicted octanol–water partition coefficient (Wildman–Crippen LogP) is 12.0. The summed E-state index contributed by atoms with van der Waals surface area (Å²) in [4.78, 5) is 33.4. The average molecular weight is 975 g/mol. The molecule has 0 atom stereocenters. The number of aliphatic hydroxyl groups is 1. The van der Waals surface area contributed by atoms with Crippen molar-refractivity contribution in [2.75, 3.05) is 21.3 Å². The van der Waals surface area contributed by atoms with E-state index in [0.717, 1.165) is 54.1 Å². The molecule has 5 N–H and O–H groups in total. The van der Waals surface area contributed by atoms with Crippen molar-refractivity contribution in [2.24, 2.45) is 0 Å². The number of pyridine rings is 2. The lowest BCUT2D eigenvalue weighted by Gasteiger charge is -2.40. The number of hydrogen-bond acceptors (Lipinski definition) is 14. The lowest BCUT2D eigenvalue weighted by molar-refractivity contribution is -0.141. The molecule has 2 saturated carbocycles. The van der Waals surface area contributed by atoms with Gasteiger partial charge in [-0.2, -0.15) is 56.2 Å². The van der Waals surface area contributed by atoms with Crippen LogP contribution in [0.15, 0.2) is 85.2 Å². The maximum Gasteiger partial charge on any atom is 0.433 e. The van der Waals surface area contributed by atoms with E-state index in [1.54, 1.807) is 0 Å². The highest BCUT2D eigenvalue weighted by Gasteiger charge is 2.52. The monoisotopic (exact) mass is 974 g/mol. The molecule has 0 saturated heterocycles. The smallest absolute Gasteiger partial charge is 0.407 e. The second-order valence-corrected chi connectivity index (χ2v) is 24.1. The Kier molecular flexibility index (Phi) is 14.1. The molecule has 69 heavy (non-hydrogen) atoms. The maximum absolute atomic E-state index is 13.2. The van der Waals surface area contributed by atoms with Crippen LogP contribution in [0.4, 0.5) is 61.5 Å². The number of rotatable bonds is 14. The van der Waals surface area contributed by atoms with Crippen LogP contribution in [0, 0.1) is 0 Å². The van der Waals surface area contributed by atoms with Gasteiger partial charge in [0.2, 0.25) is 23.8 Å². The molecule has 2 aromatic carbocycles. The first-order chi connectivity index (χ1) is 32.2. The van der Waals surface area contributed by atoms with Crippen LogP contribution in [-0.4, -0.2) is 65.4 Å². The zero-order valence-electron chi connectivity index (χ0n) is 39.8. The fourth-order valence-corrected chi connectivity index (χ4v) is 8.46. The van der Waals surface area contributed by atoms with Gasteiger partial charge in [-0.1, -0.05) is 57.2 Å². The Labute approximate surface area is 397 Å². The number of nitrogens with one attached hydrogen (secondary N) is 4. The highest BCUT2D eigenvalue weighted by atomic mass is 28.4. The van der Waals surface area contributed by atoms with E-state index >= 15 is 0 Å². The fourth-order valence-electron chi connectivity index (χ4n) is 6.85. The topological polar surface area (TPSA) is 181 Å². The summed E-state index contributed by atoms with van der Waals surface area (Å²) in [6, 6.07) is 20.0. The Bertz CT molecular complexity index is 2780. The molecule has 6 aromatic rings. The second kappa shape index (κ2) is 19.2. The molecule has 4 heterocycles. The molecule has 4 aromatic heterocycles. The van der Waals surface area contributed by atoms with E-state index in [4.69, 9.17) is 4.43 Å². The SMILES string of the molecule is CC(C)Nc1nc(Nc2ccnc(C(F)(F)F)c2)nc(-c2cccc(C3(O)CC3)c2)n1.CC(C)Nc1nc(Nc2ccnc(C(F)(F)F)c2)nc(-c2cccc(C3(O[Si](C)(C)C(C)(C)C)CC3)c2)n1. The number of halogens is 6. The van der Waals surface area contributed by atoms with Crippen LogP contribution >= 0.6 is 0 Å². The lowest BCUT2D eigenvalue weighted by Crippen LogP contribution is -2.44. The van der Waals surface area contributed by atoms with E-state index in [9.17, 15) is 31.4 Å². The zero-order chi connectivity index (χ0) is 50.2. The summed E-state index contributed by atoms with van der Waals surface area (Å²) in [5, 5.41) is 22.4. The van der Waals surface area contributed by atoms with Crippen LogP contribution in [0.25, 0.3) is 22.8 Å². The molecule has 0 unspecified atom stereocenters. The number of anilines is 6. The molecule has 0 amide bonds. The largest absolute Gasteiger partial charge is 0.433 e. The van der Waals surface area contributed by atoms with E-state index in [0.29, 0.717) is 36.0 Å². The van der Waals surface area contributed by atoms with Crippen molar-refractivity contribution in [3.63, 3.8) is 0 Å². The van der Waals surface area contributed by atoms with Gasteiger partial charge in [0.05, 0.1) is 11.2 Å². The summed E-state index contributed by atoms with van der Waals surface area (Å²) in [6.07, 6.45) is -3.64. The number of aromatic nitrogens is 8. The van der Waals surface area contributed by atoms with Crippen LogP contribution < -0.4 is 21.3 Å². The number of nitrogens with zero attached hydrogens (tertiary/aromatic N) is 8. The van der Waals surface area contributed by atoms with Crippen LogP contribution in [0.3, 0.4) is 0 Å². The molecule has 14 nitrogen and oxygen atoms in total.